The van der Waals surface area contributed by atoms with E-state index in [0.717, 1.165) is 77.0 Å². The van der Waals surface area contributed by atoms with Crippen molar-refractivity contribution in [1.82, 2.24) is 5.32 Å². The Morgan fingerprint density at radius 2 is 0.596 bits per heavy atom. The van der Waals surface area contributed by atoms with Crippen molar-refractivity contribution in [2.45, 2.75) is 495 Å². The Hall–Kier alpha value is -2.19. The number of carbonyl (C=O) groups excluding carboxylic acids is 3. The zero-order chi connectivity index (χ0) is 68.0. The Morgan fingerprint density at radius 3 is 0.926 bits per heavy atom. The van der Waals surface area contributed by atoms with Crippen molar-refractivity contribution in [3.05, 3.63) is 24.3 Å². The molecule has 0 saturated carbocycles. The number of unbranched alkanes of at least 4 members (excludes halogenated alkanes) is 64. The molecule has 1 amide bonds. The van der Waals surface area contributed by atoms with Crippen LogP contribution in [0, 0.1) is 0 Å². The quantitative estimate of drug-likeness (QED) is 0.0240. The van der Waals surface area contributed by atoms with Gasteiger partial charge in [-0.25, -0.2) is 4.79 Å². The summed E-state index contributed by atoms with van der Waals surface area (Å²) in [5.74, 6) is -0.631. The molecule has 0 saturated heterocycles. The van der Waals surface area contributed by atoms with Gasteiger partial charge in [0.15, 0.2) is 0 Å². The van der Waals surface area contributed by atoms with Crippen LogP contribution >= 0.6 is 0 Å². The summed E-state index contributed by atoms with van der Waals surface area (Å²) in [6, 6.07) is -0.811. The van der Waals surface area contributed by atoms with Gasteiger partial charge in [-0.2, -0.15) is 0 Å². The average Bonchev–Trinajstić information content (AvgIpc) is 2.10. The number of allylic oxidation sites excluding steroid dienone is 3. The summed E-state index contributed by atoms with van der Waals surface area (Å²) in [7, 11) is 0. The molecule has 556 valence electrons. The highest BCUT2D eigenvalue weighted by molar-refractivity contribution is 5.82. The summed E-state index contributed by atoms with van der Waals surface area (Å²) in [5.41, 5.74) is 0. The summed E-state index contributed by atoms with van der Waals surface area (Å²) < 4.78 is 11.1. The van der Waals surface area contributed by atoms with Gasteiger partial charge >= 0.3 is 11.9 Å². The molecule has 0 rings (SSSR count). The summed E-state index contributed by atoms with van der Waals surface area (Å²) in [6.45, 7) is 7.26. The van der Waals surface area contributed by atoms with Crippen molar-refractivity contribution in [3.63, 3.8) is 0 Å². The number of amides is 1. The number of aliphatic hydroxyl groups is 2. The van der Waals surface area contributed by atoms with Gasteiger partial charge in [0.25, 0.3) is 0 Å². The fraction of sp³-hybridized carbons (Fsp3) is 0.919. The van der Waals surface area contributed by atoms with Crippen LogP contribution in [0.4, 0.5) is 0 Å². The molecule has 8 heteroatoms. The van der Waals surface area contributed by atoms with Crippen molar-refractivity contribution in [3.8, 4) is 0 Å². The molecule has 0 aliphatic rings. The van der Waals surface area contributed by atoms with Gasteiger partial charge in [0.1, 0.15) is 12.7 Å². The van der Waals surface area contributed by atoms with Crippen molar-refractivity contribution in [1.29, 1.82) is 0 Å². The highest BCUT2D eigenvalue weighted by Crippen LogP contribution is 2.21. The zero-order valence-electron chi connectivity index (χ0n) is 63.6. The third kappa shape index (κ3) is 74.0. The van der Waals surface area contributed by atoms with E-state index in [1.165, 1.54) is 360 Å². The van der Waals surface area contributed by atoms with E-state index in [9.17, 15) is 24.6 Å². The lowest BCUT2D eigenvalue weighted by atomic mass is 9.99. The lowest BCUT2D eigenvalue weighted by Gasteiger charge is -2.27. The molecule has 3 N–H and O–H groups in total. The monoisotopic (exact) mass is 1320 g/mol. The molecular formula is C86H165NO7. The fourth-order valence-electron chi connectivity index (χ4n) is 13.7. The van der Waals surface area contributed by atoms with Gasteiger partial charge in [-0.05, 0) is 38.5 Å². The fourth-order valence-corrected chi connectivity index (χ4v) is 13.7. The molecule has 3 atom stereocenters. The second-order valence-corrected chi connectivity index (χ2v) is 29.6. The third-order valence-corrected chi connectivity index (χ3v) is 20.2. The van der Waals surface area contributed by atoms with Crippen LogP contribution in [0.25, 0.3) is 0 Å². The number of esters is 2. The van der Waals surface area contributed by atoms with E-state index in [0.29, 0.717) is 25.9 Å². The minimum absolute atomic E-state index is 0.104. The molecule has 0 radical (unpaired) electrons. The van der Waals surface area contributed by atoms with Crippen LogP contribution < -0.4 is 5.32 Å². The minimum atomic E-state index is -1.18. The number of hydrogen-bond donors (Lipinski definition) is 3. The van der Waals surface area contributed by atoms with E-state index in [4.69, 9.17) is 9.47 Å². The van der Waals surface area contributed by atoms with Crippen LogP contribution in [0.5, 0.6) is 0 Å². The first-order chi connectivity index (χ1) is 46.3. The Morgan fingerprint density at radius 1 is 0.319 bits per heavy atom. The van der Waals surface area contributed by atoms with Gasteiger partial charge < -0.3 is 25.0 Å². The number of aliphatic hydroxyl groups excluding tert-OH is 2. The van der Waals surface area contributed by atoms with Crippen molar-refractivity contribution in [2.75, 3.05) is 13.2 Å². The standard InChI is InChI=1S/C86H165NO7/c1-4-7-10-13-16-19-22-25-42-47-52-57-62-67-72-77-84(90)93-79-74-69-64-59-54-49-45-41-39-37-35-33-31-29-27-28-30-32-34-36-38-40-44-46-51-56-61-66-71-76-83(89)87-81(86(92)82(88)75-70-65-60-55-50-24-21-18-15-12-9-6-3)80-94-85(91)78-73-68-63-58-53-48-43-26-23-20-17-14-11-8-5-2/h62,67,72,77,81-82,86,88,92H,4-61,63-66,68-71,73-76,78-80H2,1-3H3,(H,87,89)/t81-,82?,86-/m0/s1. The maximum absolute atomic E-state index is 13.2. The predicted molar refractivity (Wildman–Crippen MR) is 409 cm³/mol. The molecule has 0 fully saturated rings. The Bertz CT molecular complexity index is 1570. The van der Waals surface area contributed by atoms with E-state index in [2.05, 4.69) is 32.2 Å². The molecule has 0 aromatic rings. The summed E-state index contributed by atoms with van der Waals surface area (Å²) in [4.78, 5) is 38.0. The van der Waals surface area contributed by atoms with Gasteiger partial charge in [0.2, 0.25) is 5.91 Å². The SMILES string of the molecule is CCCCCCCCCCCCCC=CC=CC(=O)OCCCCCCCCCCCCCCCCCCCCCCCCCCCCCCCC(=O)N[C@@H](COC(=O)CCCCCCCCCCCCCCCCC)[C@H](O)C(O)CCCCCCCCCCCCCC. The van der Waals surface area contributed by atoms with Crippen LogP contribution in [0.15, 0.2) is 24.3 Å². The van der Waals surface area contributed by atoms with Gasteiger partial charge in [0.05, 0.1) is 18.8 Å². The first-order valence-corrected chi connectivity index (χ1v) is 42.7. The van der Waals surface area contributed by atoms with E-state index in [1.807, 2.05) is 12.2 Å². The van der Waals surface area contributed by atoms with Crippen LogP contribution in [-0.4, -0.2) is 59.5 Å². The predicted octanol–water partition coefficient (Wildman–Crippen LogP) is 27.1. The number of ether oxygens (including phenoxy) is 2. The second kappa shape index (κ2) is 79.8. The Labute approximate surface area is 586 Å². The van der Waals surface area contributed by atoms with E-state index < -0.39 is 18.2 Å². The number of hydrogen-bond acceptors (Lipinski definition) is 7. The first kappa shape index (κ1) is 91.8. The average molecular weight is 1330 g/mol. The summed E-state index contributed by atoms with van der Waals surface area (Å²) in [6.07, 6.45) is 94.8. The third-order valence-electron chi connectivity index (χ3n) is 20.2. The first-order valence-electron chi connectivity index (χ1n) is 42.7. The van der Waals surface area contributed by atoms with E-state index in [-0.39, 0.29) is 24.5 Å². The smallest absolute Gasteiger partial charge is 0.330 e. The maximum atomic E-state index is 13.2. The van der Waals surface area contributed by atoms with Crippen LogP contribution in [0.2, 0.25) is 0 Å². The van der Waals surface area contributed by atoms with Gasteiger partial charge in [-0.15, -0.1) is 0 Å². The molecule has 0 heterocycles. The molecule has 0 aromatic heterocycles. The van der Waals surface area contributed by atoms with Crippen molar-refractivity contribution >= 4 is 17.8 Å². The van der Waals surface area contributed by atoms with Crippen molar-refractivity contribution in [2.24, 2.45) is 0 Å². The Kier molecular flexibility index (Phi) is 77.9. The molecule has 0 spiro atoms. The molecule has 0 bridgehead atoms. The molecule has 94 heavy (non-hydrogen) atoms. The lowest BCUT2D eigenvalue weighted by molar-refractivity contribution is -0.147. The summed E-state index contributed by atoms with van der Waals surface area (Å²) in [5, 5.41) is 25.3. The number of nitrogens with one attached hydrogen (secondary N) is 1. The highest BCUT2D eigenvalue weighted by Gasteiger charge is 2.29. The second-order valence-electron chi connectivity index (χ2n) is 29.6. The largest absolute Gasteiger partial charge is 0.463 e. The zero-order valence-corrected chi connectivity index (χ0v) is 63.6. The molecular weight excluding hydrogens is 1160 g/mol. The number of rotatable bonds is 80. The van der Waals surface area contributed by atoms with Crippen LogP contribution in [-0.2, 0) is 23.9 Å². The molecule has 0 aliphatic heterocycles. The number of carbonyl (C=O) groups is 3. The van der Waals surface area contributed by atoms with Gasteiger partial charge in [0, 0.05) is 18.9 Å². The molecule has 8 nitrogen and oxygen atoms in total. The van der Waals surface area contributed by atoms with Gasteiger partial charge in [-0.1, -0.05) is 444 Å². The normalized spacial score (nSPS) is 12.8. The van der Waals surface area contributed by atoms with Crippen LogP contribution in [0.3, 0.4) is 0 Å². The van der Waals surface area contributed by atoms with Crippen LogP contribution in [0.1, 0.15) is 477 Å². The minimum Gasteiger partial charge on any atom is -0.463 e. The topological polar surface area (TPSA) is 122 Å². The van der Waals surface area contributed by atoms with E-state index in [1.54, 1.807) is 6.08 Å². The summed E-state index contributed by atoms with van der Waals surface area (Å²) >= 11 is 0. The van der Waals surface area contributed by atoms with Crippen molar-refractivity contribution < 1.29 is 34.1 Å². The lowest BCUT2D eigenvalue weighted by Crippen LogP contribution is -2.51. The molecule has 1 unspecified atom stereocenters. The van der Waals surface area contributed by atoms with Gasteiger partial charge in [-0.3, -0.25) is 9.59 Å². The molecule has 0 aromatic carbocycles. The highest BCUT2D eigenvalue weighted by atomic mass is 16.5. The van der Waals surface area contributed by atoms with E-state index >= 15 is 0 Å². The Balaban J connectivity index is 3.92. The molecule has 0 aliphatic carbocycles. The maximum Gasteiger partial charge on any atom is 0.330 e.